The number of aromatic amines is 1. The highest BCUT2D eigenvalue weighted by atomic mass is 79.9. The van der Waals surface area contributed by atoms with E-state index in [2.05, 4.69) is 25.9 Å². The summed E-state index contributed by atoms with van der Waals surface area (Å²) in [6, 6.07) is 4.94. The lowest BCUT2D eigenvalue weighted by Crippen LogP contribution is -2.04. The molecule has 120 valence electrons. The van der Waals surface area contributed by atoms with Gasteiger partial charge in [0.15, 0.2) is 0 Å². The third kappa shape index (κ3) is 2.95. The second-order valence-electron chi connectivity index (χ2n) is 5.22. The zero-order valence-corrected chi connectivity index (χ0v) is 15.0. The number of hydrogen-bond donors (Lipinski definition) is 1. The van der Waals surface area contributed by atoms with E-state index in [4.69, 9.17) is 16.3 Å². The molecule has 0 aliphatic heterocycles. The molecule has 6 heteroatoms. The lowest BCUT2D eigenvalue weighted by Gasteiger charge is -2.18. The van der Waals surface area contributed by atoms with E-state index in [9.17, 15) is 4.39 Å². The molecule has 0 unspecified atom stereocenters. The smallest absolute Gasteiger partial charge is 0.142 e. The molecule has 1 aromatic carbocycles. The van der Waals surface area contributed by atoms with Crippen molar-refractivity contribution in [2.45, 2.75) is 19.8 Å². The van der Waals surface area contributed by atoms with Crippen LogP contribution in [0.25, 0.3) is 11.0 Å². The van der Waals surface area contributed by atoms with Crippen LogP contribution in [0.3, 0.4) is 0 Å². The van der Waals surface area contributed by atoms with Crippen LogP contribution in [0.15, 0.2) is 35.1 Å². The van der Waals surface area contributed by atoms with Crippen molar-refractivity contribution in [3.8, 4) is 5.75 Å². The topological polar surface area (TPSA) is 37.9 Å². The lowest BCUT2D eigenvalue weighted by molar-refractivity contribution is 0.335. The van der Waals surface area contributed by atoms with Crippen LogP contribution < -0.4 is 4.74 Å². The third-order valence-corrected chi connectivity index (χ3v) is 4.64. The molecular formula is C17H15BrClFN2O. The molecule has 0 saturated heterocycles. The van der Waals surface area contributed by atoms with Gasteiger partial charge in [-0.05, 0) is 46.6 Å². The number of H-pyrrole nitrogens is 1. The number of rotatable bonds is 4. The van der Waals surface area contributed by atoms with E-state index < -0.39 is 5.82 Å². The predicted molar refractivity (Wildman–Crippen MR) is 93.9 cm³/mol. The van der Waals surface area contributed by atoms with Crippen molar-refractivity contribution in [3.63, 3.8) is 0 Å². The molecule has 0 aliphatic rings. The van der Waals surface area contributed by atoms with Gasteiger partial charge in [-0.25, -0.2) is 9.37 Å². The summed E-state index contributed by atoms with van der Waals surface area (Å²) >= 11 is 9.67. The summed E-state index contributed by atoms with van der Waals surface area (Å²) in [7, 11) is 0. The van der Waals surface area contributed by atoms with Gasteiger partial charge < -0.3 is 9.72 Å². The summed E-state index contributed by atoms with van der Waals surface area (Å²) in [6.07, 6.45) is 3.61. The van der Waals surface area contributed by atoms with E-state index in [-0.39, 0.29) is 10.9 Å². The number of halogens is 3. The van der Waals surface area contributed by atoms with Gasteiger partial charge in [0.2, 0.25) is 0 Å². The maximum atomic E-state index is 14.0. The molecule has 3 aromatic rings. The largest absolute Gasteiger partial charge is 0.494 e. The minimum atomic E-state index is -0.448. The normalized spacial score (nSPS) is 12.6. The number of fused-ring (bicyclic) bond motifs is 1. The molecular weight excluding hydrogens is 383 g/mol. The molecule has 0 fully saturated rings. The molecule has 1 N–H and O–H groups in total. The van der Waals surface area contributed by atoms with Crippen LogP contribution in [0.5, 0.6) is 5.75 Å². The van der Waals surface area contributed by atoms with E-state index in [1.165, 1.54) is 6.07 Å². The molecule has 0 amide bonds. The molecule has 0 radical (unpaired) electrons. The first-order valence-electron chi connectivity index (χ1n) is 7.26. The summed E-state index contributed by atoms with van der Waals surface area (Å²) in [5.74, 6) is 0.00409. The van der Waals surface area contributed by atoms with Crippen molar-refractivity contribution < 1.29 is 9.13 Å². The first kappa shape index (κ1) is 16.3. The molecule has 0 spiro atoms. The number of ether oxygens (including phenoxy) is 1. The number of aromatic nitrogens is 2. The molecule has 23 heavy (non-hydrogen) atoms. The Bertz CT molecular complexity index is 865. The molecule has 3 nitrogen and oxygen atoms in total. The minimum Gasteiger partial charge on any atom is -0.494 e. The first-order chi connectivity index (χ1) is 11.0. The van der Waals surface area contributed by atoms with Crippen molar-refractivity contribution in [1.82, 2.24) is 9.97 Å². The maximum absolute atomic E-state index is 14.0. The molecule has 0 saturated carbocycles. The van der Waals surface area contributed by atoms with Crippen molar-refractivity contribution in [2.24, 2.45) is 0 Å². The number of pyridine rings is 1. The number of nitrogens with zero attached hydrogens (tertiary/aromatic N) is 1. The second-order valence-corrected chi connectivity index (χ2v) is 6.52. The van der Waals surface area contributed by atoms with Gasteiger partial charge in [-0.3, -0.25) is 0 Å². The average molecular weight is 398 g/mol. The summed E-state index contributed by atoms with van der Waals surface area (Å²) in [5, 5.41) is 1.07. The summed E-state index contributed by atoms with van der Waals surface area (Å²) in [6.45, 7) is 4.35. The van der Waals surface area contributed by atoms with Crippen molar-refractivity contribution in [2.75, 3.05) is 6.61 Å². The Balaban J connectivity index is 2.17. The number of benzene rings is 1. The van der Waals surface area contributed by atoms with Crippen LogP contribution in [-0.2, 0) is 0 Å². The Labute approximate surface area is 147 Å². The number of nitrogens with one attached hydrogen (secondary N) is 1. The molecule has 0 bridgehead atoms. The molecule has 2 aromatic heterocycles. The van der Waals surface area contributed by atoms with E-state index >= 15 is 0 Å². The fourth-order valence-corrected chi connectivity index (χ4v) is 3.40. The SMILES string of the molecule is CCOc1ccc(F)c(Cl)c1[C@H](C)c1c[nH]c2ncc(Br)cc12. The standard InChI is InChI=1S/C17H15BrClFN2O/c1-3-23-14-5-4-13(20)16(19)15(14)9(2)12-8-22-17-11(12)6-10(18)7-21-17/h4-9H,3H2,1-2H3,(H,21,22)/t9-/m1/s1. The highest BCUT2D eigenvalue weighted by Crippen LogP contribution is 2.40. The van der Waals surface area contributed by atoms with Gasteiger partial charge in [0.05, 0.1) is 11.6 Å². The van der Waals surface area contributed by atoms with Gasteiger partial charge in [-0.2, -0.15) is 0 Å². The van der Waals surface area contributed by atoms with Crippen molar-refractivity contribution >= 4 is 38.6 Å². The van der Waals surface area contributed by atoms with Crippen LogP contribution in [-0.4, -0.2) is 16.6 Å². The fraction of sp³-hybridized carbons (Fsp3) is 0.235. The van der Waals surface area contributed by atoms with Gasteiger partial charge >= 0.3 is 0 Å². The molecule has 1 atom stereocenters. The lowest BCUT2D eigenvalue weighted by atomic mass is 9.92. The molecule has 2 heterocycles. The Morgan fingerprint density at radius 3 is 2.96 bits per heavy atom. The highest BCUT2D eigenvalue weighted by molar-refractivity contribution is 9.10. The van der Waals surface area contributed by atoms with E-state index in [1.807, 2.05) is 26.1 Å². The van der Waals surface area contributed by atoms with Gasteiger partial charge in [-0.15, -0.1) is 0 Å². The fourth-order valence-electron chi connectivity index (χ4n) is 2.75. The van der Waals surface area contributed by atoms with E-state index in [0.717, 1.165) is 21.1 Å². The van der Waals surface area contributed by atoms with Gasteiger partial charge in [0.1, 0.15) is 17.2 Å². The van der Waals surface area contributed by atoms with Crippen LogP contribution in [0.2, 0.25) is 5.02 Å². The third-order valence-electron chi connectivity index (χ3n) is 3.82. The zero-order chi connectivity index (χ0) is 16.6. The molecule has 0 aliphatic carbocycles. The van der Waals surface area contributed by atoms with Crippen molar-refractivity contribution in [3.05, 3.63) is 57.0 Å². The van der Waals surface area contributed by atoms with Crippen LogP contribution in [0.4, 0.5) is 4.39 Å². The summed E-state index contributed by atoms with van der Waals surface area (Å²) in [4.78, 5) is 7.48. The predicted octanol–water partition coefficient (Wildman–Crippen LogP) is 5.67. The van der Waals surface area contributed by atoms with Gasteiger partial charge in [0.25, 0.3) is 0 Å². The number of hydrogen-bond acceptors (Lipinski definition) is 2. The zero-order valence-electron chi connectivity index (χ0n) is 12.7. The average Bonchev–Trinajstić information content (AvgIpc) is 2.94. The first-order valence-corrected chi connectivity index (χ1v) is 8.43. The minimum absolute atomic E-state index is 0.0979. The van der Waals surface area contributed by atoms with E-state index in [0.29, 0.717) is 17.9 Å². The van der Waals surface area contributed by atoms with Crippen LogP contribution in [0, 0.1) is 5.82 Å². The van der Waals surface area contributed by atoms with Crippen LogP contribution >= 0.6 is 27.5 Å². The Morgan fingerprint density at radius 2 is 2.22 bits per heavy atom. The maximum Gasteiger partial charge on any atom is 0.142 e. The quantitative estimate of drug-likeness (QED) is 0.616. The summed E-state index contributed by atoms with van der Waals surface area (Å²) < 4.78 is 20.5. The highest BCUT2D eigenvalue weighted by Gasteiger charge is 2.23. The van der Waals surface area contributed by atoms with E-state index in [1.54, 1.807) is 12.3 Å². The summed E-state index contributed by atoms with van der Waals surface area (Å²) in [5.41, 5.74) is 2.41. The van der Waals surface area contributed by atoms with Gasteiger partial charge in [-0.1, -0.05) is 18.5 Å². The monoisotopic (exact) mass is 396 g/mol. The van der Waals surface area contributed by atoms with Gasteiger partial charge in [0, 0.05) is 33.7 Å². The second kappa shape index (κ2) is 6.49. The van der Waals surface area contributed by atoms with Crippen LogP contribution in [0.1, 0.15) is 30.9 Å². The van der Waals surface area contributed by atoms with Crippen molar-refractivity contribution in [1.29, 1.82) is 0 Å². The Kier molecular flexibility index (Phi) is 4.60. The Morgan fingerprint density at radius 1 is 1.43 bits per heavy atom. The molecule has 3 rings (SSSR count). The Hall–Kier alpha value is -1.59.